The summed E-state index contributed by atoms with van der Waals surface area (Å²) in [5.41, 5.74) is 0. The Morgan fingerprint density at radius 2 is 1.33 bits per heavy atom. The summed E-state index contributed by atoms with van der Waals surface area (Å²) in [6.45, 7) is 0. The van der Waals surface area contributed by atoms with Gasteiger partial charge in [-0.05, 0) is 6.16 Å². The van der Waals surface area contributed by atoms with Gasteiger partial charge in [0, 0.05) is 0 Å². The Labute approximate surface area is 74.0 Å². The molecule has 0 aromatic rings. The van der Waals surface area contributed by atoms with E-state index in [1.807, 2.05) is 0 Å². The van der Waals surface area contributed by atoms with E-state index in [1.165, 1.54) is 0 Å². The van der Waals surface area contributed by atoms with Crippen molar-refractivity contribution in [2.75, 3.05) is 0 Å². The molecule has 0 bridgehead atoms. The van der Waals surface area contributed by atoms with Crippen molar-refractivity contribution in [2.24, 2.45) is 0 Å². The predicted octanol–water partition coefficient (Wildman–Crippen LogP) is -8.97. The summed E-state index contributed by atoms with van der Waals surface area (Å²) in [5, 5.41) is 16.7. The largest absolute Gasteiger partial charge is 1.00 e. The molecule has 6 heavy (non-hydrogen) atoms. The average Bonchev–Trinajstić information content (AvgIpc) is 0.811. The van der Waals surface area contributed by atoms with Crippen molar-refractivity contribution in [3.8, 4) is 0 Å². The van der Waals surface area contributed by atoms with Gasteiger partial charge in [-0.15, -0.1) is 0 Å². The fourth-order valence-corrected chi connectivity index (χ4v) is 0. The van der Waals surface area contributed by atoms with Crippen LogP contribution in [0.25, 0.3) is 0 Å². The molecule has 0 aliphatic heterocycles. The molecule has 0 aliphatic carbocycles. The third kappa shape index (κ3) is 80.0. The standard InChI is InChI=1S/CH2O3.H2I.Na/c2-1(3)4;;/h(H2,2,3,4);1H2;/q;2*+1/p-2. The van der Waals surface area contributed by atoms with Crippen LogP contribution in [0.2, 0.25) is 0 Å². The molecular weight excluding hydrogens is 210 g/mol. The topological polar surface area (TPSA) is 63.2 Å². The van der Waals surface area contributed by atoms with E-state index in [0.29, 0.717) is 0 Å². The normalized spacial score (nSPS) is 4.00. The maximum absolute atomic E-state index is 8.33. The maximum Gasteiger partial charge on any atom is 1.00 e. The molecule has 0 fully saturated rings. The molecule has 0 unspecified atom stereocenters. The molecule has 32 valence electrons. The maximum atomic E-state index is 8.33. The van der Waals surface area contributed by atoms with Crippen molar-refractivity contribution < 1.29 is 68.5 Å². The molecule has 0 saturated heterocycles. The number of carboxylic acid groups (broad SMARTS) is 2. The summed E-state index contributed by atoms with van der Waals surface area (Å²) in [4.78, 5) is 8.33. The van der Waals surface area contributed by atoms with E-state index in [0.717, 1.165) is 0 Å². The van der Waals surface area contributed by atoms with E-state index in [4.69, 9.17) is 15.0 Å². The van der Waals surface area contributed by atoms with Crippen molar-refractivity contribution in [3.05, 3.63) is 0 Å². The zero-order valence-corrected chi connectivity index (χ0v) is 7.72. The van der Waals surface area contributed by atoms with E-state index in [-0.39, 0.29) is 53.5 Å². The van der Waals surface area contributed by atoms with E-state index in [2.05, 4.69) is 0 Å². The van der Waals surface area contributed by atoms with Crippen molar-refractivity contribution >= 4 is 6.16 Å². The van der Waals surface area contributed by atoms with Crippen LogP contribution in [0.3, 0.4) is 0 Å². The quantitative estimate of drug-likeness (QED) is 0.296. The van der Waals surface area contributed by atoms with Crippen LogP contribution in [0.15, 0.2) is 0 Å². The summed E-state index contributed by atoms with van der Waals surface area (Å²) >= 11 is 0. The van der Waals surface area contributed by atoms with Crippen LogP contribution >= 0.6 is 0 Å². The number of halogens is 1. The minimum Gasteiger partial charge on any atom is -0.652 e. The fourth-order valence-electron chi connectivity index (χ4n) is 0. The van der Waals surface area contributed by atoms with E-state index >= 15 is 0 Å². The van der Waals surface area contributed by atoms with Gasteiger partial charge >= 0.3 is 29.6 Å². The van der Waals surface area contributed by atoms with Gasteiger partial charge in [0.25, 0.3) is 0 Å². The SMILES string of the molecule is O=C([O-])[O-].[IH2+].[Na+]. The Bertz CT molecular complexity index is 33.8. The summed E-state index contributed by atoms with van der Waals surface area (Å²) < 4.78 is 0. The summed E-state index contributed by atoms with van der Waals surface area (Å²) in [7, 11) is 0. The number of carbonyl (C=O) groups is 1. The van der Waals surface area contributed by atoms with Crippen LogP contribution in [0, 0.1) is 0 Å². The Morgan fingerprint density at radius 1 is 1.33 bits per heavy atom. The van der Waals surface area contributed by atoms with Crippen LogP contribution in [0.4, 0.5) is 4.79 Å². The Kier molecular flexibility index (Phi) is 24.6. The van der Waals surface area contributed by atoms with Gasteiger partial charge in [0.2, 0.25) is 24.0 Å². The molecule has 0 atom stereocenters. The van der Waals surface area contributed by atoms with Gasteiger partial charge in [0.1, 0.15) is 0 Å². The number of rotatable bonds is 0. The Balaban J connectivity index is -0.0000000450. The predicted molar refractivity (Wildman–Crippen MR) is 8.19 cm³/mol. The van der Waals surface area contributed by atoms with Gasteiger partial charge in [-0.2, -0.15) is 0 Å². The van der Waals surface area contributed by atoms with Gasteiger partial charge in [-0.1, -0.05) is 0 Å². The molecule has 0 N–H and O–H groups in total. The smallest absolute Gasteiger partial charge is 0.652 e. The summed E-state index contributed by atoms with van der Waals surface area (Å²) in [6, 6.07) is 0. The van der Waals surface area contributed by atoms with Crippen molar-refractivity contribution in [3.63, 3.8) is 0 Å². The molecule has 0 aromatic carbocycles. The molecule has 0 saturated carbocycles. The number of carbonyl (C=O) groups excluding carboxylic acids is 1. The van der Waals surface area contributed by atoms with Crippen LogP contribution in [-0.4, -0.2) is 6.16 Å². The van der Waals surface area contributed by atoms with Crippen LogP contribution in [0.5, 0.6) is 0 Å². The van der Waals surface area contributed by atoms with Gasteiger partial charge in [0.15, 0.2) is 0 Å². The molecule has 0 heterocycles. The minimum atomic E-state index is -2.33. The van der Waals surface area contributed by atoms with Gasteiger partial charge in [0.05, 0.1) is 0 Å². The zero-order valence-electron chi connectivity index (χ0n) is 3.17. The second kappa shape index (κ2) is 9.38. The van der Waals surface area contributed by atoms with E-state index < -0.39 is 6.16 Å². The van der Waals surface area contributed by atoms with Crippen LogP contribution < -0.4 is 63.7 Å². The number of hydrogen-bond donors (Lipinski definition) is 0. The number of hydrogen-bond acceptors (Lipinski definition) is 3. The zero-order chi connectivity index (χ0) is 3.58. The van der Waals surface area contributed by atoms with Crippen molar-refractivity contribution in [2.45, 2.75) is 0 Å². The van der Waals surface area contributed by atoms with Crippen LogP contribution in [0.1, 0.15) is 0 Å². The van der Waals surface area contributed by atoms with Crippen molar-refractivity contribution in [1.29, 1.82) is 0 Å². The fraction of sp³-hybridized carbons (Fsp3) is 0. The second-order valence-electron chi connectivity index (χ2n) is 0.250. The molecule has 5 heteroatoms. The van der Waals surface area contributed by atoms with Gasteiger partial charge < -0.3 is 15.0 Å². The van der Waals surface area contributed by atoms with E-state index in [1.54, 1.807) is 0 Å². The molecular formula is CH2INaO3. The molecule has 0 spiro atoms. The Hall–Kier alpha value is 1.00. The third-order valence-corrected chi connectivity index (χ3v) is 0. The van der Waals surface area contributed by atoms with Crippen molar-refractivity contribution in [1.82, 2.24) is 0 Å². The van der Waals surface area contributed by atoms with Gasteiger partial charge in [-0.3, -0.25) is 0 Å². The molecule has 0 rings (SSSR count). The monoisotopic (exact) mass is 212 g/mol. The third-order valence-electron chi connectivity index (χ3n) is 0. The molecule has 0 aliphatic rings. The second-order valence-corrected chi connectivity index (χ2v) is 0.250. The molecule has 3 nitrogen and oxygen atoms in total. The summed E-state index contributed by atoms with van der Waals surface area (Å²) in [5.74, 6) is 0. The minimum absolute atomic E-state index is 0. The first-order valence-corrected chi connectivity index (χ1v) is 0.612. The molecule has 0 aromatic heterocycles. The van der Waals surface area contributed by atoms with Crippen LogP contribution in [-0.2, 0) is 0 Å². The first kappa shape index (κ1) is 15.8. The first-order valence-electron chi connectivity index (χ1n) is 0.612. The molecule has 0 amide bonds. The molecule has 0 radical (unpaired) electrons. The first-order chi connectivity index (χ1) is 1.73. The van der Waals surface area contributed by atoms with Gasteiger partial charge in [-0.25, -0.2) is 0 Å². The van der Waals surface area contributed by atoms with E-state index in [9.17, 15) is 0 Å². The Morgan fingerprint density at radius 3 is 1.33 bits per heavy atom. The average molecular weight is 212 g/mol. The summed E-state index contributed by atoms with van der Waals surface area (Å²) in [6.07, 6.45) is -2.33.